The zero-order valence-corrected chi connectivity index (χ0v) is 9.70. The highest BCUT2D eigenvalue weighted by atomic mass is 16.6. The predicted octanol–water partition coefficient (Wildman–Crippen LogP) is 1.55. The molecule has 0 aliphatic heterocycles. The van der Waals surface area contributed by atoms with Gasteiger partial charge in [0.15, 0.2) is 0 Å². The first-order chi connectivity index (χ1) is 8.59. The van der Waals surface area contributed by atoms with Crippen molar-refractivity contribution in [2.45, 2.75) is 25.4 Å². The Bertz CT molecular complexity index is 475. The van der Waals surface area contributed by atoms with Crippen LogP contribution in [0.5, 0.6) is 0 Å². The second-order valence-electron chi connectivity index (χ2n) is 4.40. The van der Waals surface area contributed by atoms with Crippen molar-refractivity contribution in [3.05, 3.63) is 39.9 Å². The molecule has 2 atom stereocenters. The van der Waals surface area contributed by atoms with Crippen LogP contribution in [0.15, 0.2) is 24.3 Å². The van der Waals surface area contributed by atoms with Crippen molar-refractivity contribution < 1.29 is 14.8 Å². The highest BCUT2D eigenvalue weighted by Crippen LogP contribution is 2.28. The van der Waals surface area contributed by atoms with Crippen molar-refractivity contribution >= 4 is 11.7 Å². The normalized spacial score (nSPS) is 22.2. The Kier molecular flexibility index (Phi) is 3.57. The number of nitro benzene ring substituents is 1. The van der Waals surface area contributed by atoms with Gasteiger partial charge in [-0.05, 0) is 12.8 Å². The lowest BCUT2D eigenvalue weighted by Crippen LogP contribution is -2.47. The Labute approximate surface area is 104 Å². The Morgan fingerprint density at radius 3 is 2.72 bits per heavy atom. The zero-order valence-electron chi connectivity index (χ0n) is 9.70. The number of aliphatic carboxylic acids is 1. The molecule has 2 unspecified atom stereocenters. The van der Waals surface area contributed by atoms with Gasteiger partial charge in [-0.3, -0.25) is 14.9 Å². The van der Waals surface area contributed by atoms with Gasteiger partial charge >= 0.3 is 5.97 Å². The maximum absolute atomic E-state index is 10.8. The van der Waals surface area contributed by atoms with Crippen molar-refractivity contribution in [3.8, 4) is 0 Å². The largest absolute Gasteiger partial charge is 0.481 e. The number of nitro groups is 1. The molecule has 0 radical (unpaired) electrons. The molecule has 1 aliphatic rings. The lowest BCUT2D eigenvalue weighted by atomic mass is 9.79. The van der Waals surface area contributed by atoms with Gasteiger partial charge < -0.3 is 10.4 Å². The molecule has 1 aliphatic carbocycles. The monoisotopic (exact) mass is 250 g/mol. The van der Waals surface area contributed by atoms with E-state index >= 15 is 0 Å². The fourth-order valence-corrected chi connectivity index (χ4v) is 2.12. The third-order valence-corrected chi connectivity index (χ3v) is 3.33. The van der Waals surface area contributed by atoms with E-state index in [0.29, 0.717) is 18.5 Å². The van der Waals surface area contributed by atoms with Gasteiger partial charge in [-0.15, -0.1) is 0 Å². The molecule has 0 spiro atoms. The minimum atomic E-state index is -0.804. The summed E-state index contributed by atoms with van der Waals surface area (Å²) in [5.74, 6) is -1.17. The molecule has 18 heavy (non-hydrogen) atoms. The minimum Gasteiger partial charge on any atom is -0.481 e. The van der Waals surface area contributed by atoms with Gasteiger partial charge in [-0.1, -0.05) is 18.2 Å². The number of hydrogen-bond donors (Lipinski definition) is 2. The van der Waals surface area contributed by atoms with E-state index in [0.717, 1.165) is 6.42 Å². The number of benzene rings is 1. The summed E-state index contributed by atoms with van der Waals surface area (Å²) in [4.78, 5) is 21.2. The SMILES string of the molecule is O=C(O)C1CCC1NCc1ccccc1[N+](=O)[O-]. The first-order valence-corrected chi connectivity index (χ1v) is 5.78. The molecule has 1 aromatic carbocycles. The Hall–Kier alpha value is -1.95. The van der Waals surface area contributed by atoms with E-state index in [1.807, 2.05) is 0 Å². The van der Waals surface area contributed by atoms with Gasteiger partial charge in [0.2, 0.25) is 0 Å². The van der Waals surface area contributed by atoms with E-state index in [2.05, 4.69) is 5.32 Å². The van der Waals surface area contributed by atoms with Crippen LogP contribution < -0.4 is 5.32 Å². The predicted molar refractivity (Wildman–Crippen MR) is 64.1 cm³/mol. The first-order valence-electron chi connectivity index (χ1n) is 5.78. The van der Waals surface area contributed by atoms with Crippen molar-refractivity contribution in [1.29, 1.82) is 0 Å². The number of nitrogens with zero attached hydrogens (tertiary/aromatic N) is 1. The van der Waals surface area contributed by atoms with Gasteiger partial charge in [0.25, 0.3) is 5.69 Å². The summed E-state index contributed by atoms with van der Waals surface area (Å²) in [6.07, 6.45) is 1.47. The molecular formula is C12H14N2O4. The molecule has 0 heterocycles. The summed E-state index contributed by atoms with van der Waals surface area (Å²) in [5.41, 5.74) is 0.648. The van der Waals surface area contributed by atoms with E-state index in [4.69, 9.17) is 5.11 Å². The van der Waals surface area contributed by atoms with Crippen LogP contribution in [0, 0.1) is 16.0 Å². The van der Waals surface area contributed by atoms with E-state index in [9.17, 15) is 14.9 Å². The molecule has 1 fully saturated rings. The topological polar surface area (TPSA) is 92.5 Å². The van der Waals surface area contributed by atoms with E-state index in [1.165, 1.54) is 6.07 Å². The molecule has 0 amide bonds. The molecule has 1 aromatic rings. The average molecular weight is 250 g/mol. The highest BCUT2D eigenvalue weighted by molar-refractivity contribution is 5.72. The number of carboxylic acid groups (broad SMARTS) is 1. The summed E-state index contributed by atoms with van der Waals surface area (Å²) in [6, 6.07) is 6.40. The molecule has 2 rings (SSSR count). The highest BCUT2D eigenvalue weighted by Gasteiger charge is 2.36. The Morgan fingerprint density at radius 1 is 1.44 bits per heavy atom. The Balaban J connectivity index is 1.98. The molecule has 6 heteroatoms. The smallest absolute Gasteiger partial charge is 0.308 e. The van der Waals surface area contributed by atoms with Crippen molar-refractivity contribution in [1.82, 2.24) is 5.32 Å². The molecule has 0 aromatic heterocycles. The van der Waals surface area contributed by atoms with Crippen LogP contribution in [0.2, 0.25) is 0 Å². The maximum atomic E-state index is 10.8. The summed E-state index contributed by atoms with van der Waals surface area (Å²) in [6.45, 7) is 0.325. The summed E-state index contributed by atoms with van der Waals surface area (Å²) in [5, 5.41) is 22.8. The Morgan fingerprint density at radius 2 is 2.17 bits per heavy atom. The number of rotatable bonds is 5. The average Bonchev–Trinajstić information content (AvgIpc) is 2.27. The van der Waals surface area contributed by atoms with Crippen LogP contribution in [0.25, 0.3) is 0 Å². The van der Waals surface area contributed by atoms with Gasteiger partial charge in [-0.25, -0.2) is 0 Å². The van der Waals surface area contributed by atoms with Crippen LogP contribution in [0.1, 0.15) is 18.4 Å². The van der Waals surface area contributed by atoms with E-state index in [1.54, 1.807) is 18.2 Å². The van der Waals surface area contributed by atoms with Gasteiger partial charge in [-0.2, -0.15) is 0 Å². The molecule has 2 N–H and O–H groups in total. The van der Waals surface area contributed by atoms with Crippen molar-refractivity contribution in [3.63, 3.8) is 0 Å². The van der Waals surface area contributed by atoms with Crippen molar-refractivity contribution in [2.24, 2.45) is 5.92 Å². The quantitative estimate of drug-likeness (QED) is 0.611. The van der Waals surface area contributed by atoms with E-state index < -0.39 is 10.9 Å². The van der Waals surface area contributed by atoms with Crippen LogP contribution in [-0.4, -0.2) is 22.0 Å². The zero-order chi connectivity index (χ0) is 13.1. The second-order valence-corrected chi connectivity index (χ2v) is 4.40. The number of nitrogens with one attached hydrogen (secondary N) is 1. The third kappa shape index (κ3) is 2.48. The number of carboxylic acids is 1. The number of carbonyl (C=O) groups is 1. The summed E-state index contributed by atoms with van der Waals surface area (Å²) < 4.78 is 0. The standard InChI is InChI=1S/C12H14N2O4/c15-12(16)9-5-6-10(9)13-7-8-3-1-2-4-11(8)14(17)18/h1-4,9-10,13H,5-7H2,(H,15,16). The third-order valence-electron chi connectivity index (χ3n) is 3.33. The van der Waals surface area contributed by atoms with Gasteiger partial charge in [0.05, 0.1) is 10.8 Å². The fraction of sp³-hybridized carbons (Fsp3) is 0.417. The van der Waals surface area contributed by atoms with Crippen molar-refractivity contribution in [2.75, 3.05) is 0 Å². The van der Waals surface area contributed by atoms with Crippen LogP contribution in [-0.2, 0) is 11.3 Å². The summed E-state index contributed by atoms with van der Waals surface area (Å²) in [7, 11) is 0. The molecule has 0 bridgehead atoms. The lowest BCUT2D eigenvalue weighted by Gasteiger charge is -2.34. The lowest BCUT2D eigenvalue weighted by molar-refractivity contribution is -0.385. The van der Waals surface area contributed by atoms with Crippen LogP contribution in [0.4, 0.5) is 5.69 Å². The molecule has 1 saturated carbocycles. The summed E-state index contributed by atoms with van der Waals surface area (Å²) >= 11 is 0. The van der Waals surface area contributed by atoms with Crippen LogP contribution >= 0.6 is 0 Å². The van der Waals surface area contributed by atoms with Gasteiger partial charge in [0, 0.05) is 24.2 Å². The van der Waals surface area contributed by atoms with E-state index in [-0.39, 0.29) is 17.6 Å². The molecule has 96 valence electrons. The molecular weight excluding hydrogens is 236 g/mol. The molecule has 0 saturated heterocycles. The fourth-order valence-electron chi connectivity index (χ4n) is 2.12. The second kappa shape index (κ2) is 5.14. The maximum Gasteiger partial charge on any atom is 0.308 e. The number of para-hydroxylation sites is 1. The van der Waals surface area contributed by atoms with Crippen LogP contribution in [0.3, 0.4) is 0 Å². The first kappa shape index (κ1) is 12.5. The minimum absolute atomic E-state index is 0.0659. The van der Waals surface area contributed by atoms with Gasteiger partial charge in [0.1, 0.15) is 0 Å². The molecule has 6 nitrogen and oxygen atoms in total. The number of hydrogen-bond acceptors (Lipinski definition) is 4.